The van der Waals surface area contributed by atoms with Crippen molar-refractivity contribution in [3.05, 3.63) is 59.7 Å². The Labute approximate surface area is 104 Å². The number of rotatable bonds is 1. The SMILES string of the molecule is O=C1Cc2ccccc2N=C1c1ccccc1O. The van der Waals surface area contributed by atoms with Crippen molar-refractivity contribution < 1.29 is 9.90 Å². The van der Waals surface area contributed by atoms with E-state index in [0.717, 1.165) is 11.3 Å². The number of para-hydroxylation sites is 2. The Morgan fingerprint density at radius 2 is 1.72 bits per heavy atom. The van der Waals surface area contributed by atoms with Gasteiger partial charge in [0.1, 0.15) is 11.5 Å². The normalized spacial score (nSPS) is 14.0. The number of ketones is 1. The Bertz CT molecular complexity index is 659. The Balaban J connectivity index is 2.16. The first-order valence-electron chi connectivity index (χ1n) is 5.74. The molecule has 0 aliphatic carbocycles. The molecule has 3 rings (SSSR count). The molecule has 0 fully saturated rings. The molecule has 2 aromatic rings. The topological polar surface area (TPSA) is 49.7 Å². The summed E-state index contributed by atoms with van der Waals surface area (Å²) in [5.74, 6) is 0.0270. The Morgan fingerprint density at radius 1 is 1.00 bits per heavy atom. The van der Waals surface area contributed by atoms with Crippen LogP contribution in [0.2, 0.25) is 0 Å². The second-order valence-corrected chi connectivity index (χ2v) is 4.21. The van der Waals surface area contributed by atoms with Crippen LogP contribution >= 0.6 is 0 Å². The number of fused-ring (bicyclic) bond motifs is 1. The average molecular weight is 237 g/mol. The highest BCUT2D eigenvalue weighted by atomic mass is 16.3. The van der Waals surface area contributed by atoms with Crippen molar-refractivity contribution in [2.45, 2.75) is 6.42 Å². The van der Waals surface area contributed by atoms with Crippen LogP contribution in [0.5, 0.6) is 5.75 Å². The van der Waals surface area contributed by atoms with Gasteiger partial charge in [0.15, 0.2) is 5.78 Å². The Hall–Kier alpha value is -2.42. The van der Waals surface area contributed by atoms with Crippen LogP contribution in [0.4, 0.5) is 5.69 Å². The third-order valence-corrected chi connectivity index (χ3v) is 3.00. The lowest BCUT2D eigenvalue weighted by atomic mass is 9.96. The number of carbonyl (C=O) groups excluding carboxylic acids is 1. The number of nitrogens with zero attached hydrogens (tertiary/aromatic N) is 1. The molecule has 0 radical (unpaired) electrons. The molecule has 0 saturated heterocycles. The van der Waals surface area contributed by atoms with Gasteiger partial charge in [-0.05, 0) is 23.8 Å². The summed E-state index contributed by atoms with van der Waals surface area (Å²) < 4.78 is 0. The molecule has 2 aromatic carbocycles. The molecular formula is C15H11NO2. The van der Waals surface area contributed by atoms with Crippen molar-refractivity contribution in [1.29, 1.82) is 0 Å². The first-order chi connectivity index (χ1) is 8.75. The second kappa shape index (κ2) is 4.11. The van der Waals surface area contributed by atoms with E-state index in [1.165, 1.54) is 0 Å². The average Bonchev–Trinajstić information content (AvgIpc) is 2.39. The van der Waals surface area contributed by atoms with Gasteiger partial charge in [0.25, 0.3) is 0 Å². The van der Waals surface area contributed by atoms with Gasteiger partial charge in [-0.15, -0.1) is 0 Å². The fraction of sp³-hybridized carbons (Fsp3) is 0.0667. The minimum absolute atomic E-state index is 0.0600. The standard InChI is InChI=1S/C15H11NO2/c17-13-8-4-2-6-11(13)15-14(18)9-10-5-1-3-7-12(10)16-15/h1-8,17H,9H2. The predicted molar refractivity (Wildman–Crippen MR) is 69.5 cm³/mol. The van der Waals surface area contributed by atoms with E-state index in [1.54, 1.807) is 24.3 Å². The second-order valence-electron chi connectivity index (χ2n) is 4.21. The first kappa shape index (κ1) is 10.7. The highest BCUT2D eigenvalue weighted by Gasteiger charge is 2.22. The fourth-order valence-corrected chi connectivity index (χ4v) is 2.09. The van der Waals surface area contributed by atoms with Gasteiger partial charge < -0.3 is 5.11 Å². The third kappa shape index (κ3) is 1.70. The number of carbonyl (C=O) groups is 1. The van der Waals surface area contributed by atoms with Crippen molar-refractivity contribution in [1.82, 2.24) is 0 Å². The molecule has 1 aliphatic rings. The summed E-state index contributed by atoms with van der Waals surface area (Å²) in [5, 5.41) is 9.80. The molecule has 0 bridgehead atoms. The zero-order valence-electron chi connectivity index (χ0n) is 9.63. The van der Waals surface area contributed by atoms with E-state index < -0.39 is 0 Å². The summed E-state index contributed by atoms with van der Waals surface area (Å²) in [5.41, 5.74) is 2.57. The molecule has 0 unspecified atom stereocenters. The summed E-state index contributed by atoms with van der Waals surface area (Å²) >= 11 is 0. The number of hydrogen-bond donors (Lipinski definition) is 1. The van der Waals surface area contributed by atoms with Gasteiger partial charge in [0, 0.05) is 12.0 Å². The highest BCUT2D eigenvalue weighted by molar-refractivity contribution is 6.48. The van der Waals surface area contributed by atoms with E-state index in [2.05, 4.69) is 4.99 Å². The molecule has 1 N–H and O–H groups in total. The van der Waals surface area contributed by atoms with E-state index in [-0.39, 0.29) is 11.5 Å². The lowest BCUT2D eigenvalue weighted by molar-refractivity contribution is -0.112. The van der Waals surface area contributed by atoms with E-state index in [9.17, 15) is 9.90 Å². The minimum atomic E-state index is -0.0600. The Morgan fingerprint density at radius 3 is 2.56 bits per heavy atom. The van der Waals surface area contributed by atoms with E-state index in [4.69, 9.17) is 0 Å². The zero-order chi connectivity index (χ0) is 12.5. The monoisotopic (exact) mass is 237 g/mol. The van der Waals surface area contributed by atoms with E-state index >= 15 is 0 Å². The quantitative estimate of drug-likeness (QED) is 0.828. The molecule has 18 heavy (non-hydrogen) atoms. The minimum Gasteiger partial charge on any atom is -0.507 e. The van der Waals surface area contributed by atoms with Crippen LogP contribution in [0.15, 0.2) is 53.5 Å². The molecule has 3 nitrogen and oxygen atoms in total. The maximum absolute atomic E-state index is 12.1. The number of Topliss-reactive ketones (excluding diaryl/α,β-unsaturated/α-hetero) is 1. The van der Waals surface area contributed by atoms with Gasteiger partial charge >= 0.3 is 0 Å². The zero-order valence-corrected chi connectivity index (χ0v) is 9.63. The van der Waals surface area contributed by atoms with Crippen LogP contribution in [0, 0.1) is 0 Å². The molecule has 0 aromatic heterocycles. The first-order valence-corrected chi connectivity index (χ1v) is 5.74. The number of aromatic hydroxyl groups is 1. The lowest BCUT2D eigenvalue weighted by Crippen LogP contribution is -2.21. The van der Waals surface area contributed by atoms with E-state index in [0.29, 0.717) is 17.7 Å². The molecule has 3 heteroatoms. The molecular weight excluding hydrogens is 226 g/mol. The molecule has 0 spiro atoms. The van der Waals surface area contributed by atoms with Crippen LogP contribution < -0.4 is 0 Å². The third-order valence-electron chi connectivity index (χ3n) is 3.00. The van der Waals surface area contributed by atoms with Crippen molar-refractivity contribution in [2.75, 3.05) is 0 Å². The molecule has 0 atom stereocenters. The Kier molecular flexibility index (Phi) is 2.45. The van der Waals surface area contributed by atoms with Crippen LogP contribution in [0.3, 0.4) is 0 Å². The van der Waals surface area contributed by atoms with Crippen molar-refractivity contribution in [3.8, 4) is 5.75 Å². The van der Waals surface area contributed by atoms with Crippen LogP contribution in [-0.4, -0.2) is 16.6 Å². The summed E-state index contributed by atoms with van der Waals surface area (Å²) in [4.78, 5) is 16.4. The predicted octanol–water partition coefficient (Wildman–Crippen LogP) is 2.64. The fourth-order valence-electron chi connectivity index (χ4n) is 2.09. The van der Waals surface area contributed by atoms with Crippen molar-refractivity contribution >= 4 is 17.2 Å². The van der Waals surface area contributed by atoms with Crippen LogP contribution in [0.1, 0.15) is 11.1 Å². The molecule has 1 aliphatic heterocycles. The summed E-state index contributed by atoms with van der Waals surface area (Å²) in [6, 6.07) is 14.3. The smallest absolute Gasteiger partial charge is 0.186 e. The lowest BCUT2D eigenvalue weighted by Gasteiger charge is -2.15. The number of aliphatic imine (C=N–C) groups is 1. The number of benzene rings is 2. The molecule has 0 saturated carbocycles. The number of phenolic OH excluding ortho intramolecular Hbond substituents is 1. The highest BCUT2D eigenvalue weighted by Crippen LogP contribution is 2.28. The van der Waals surface area contributed by atoms with Crippen molar-refractivity contribution in [2.24, 2.45) is 4.99 Å². The molecule has 1 heterocycles. The van der Waals surface area contributed by atoms with Gasteiger partial charge in [0.05, 0.1) is 5.69 Å². The van der Waals surface area contributed by atoms with Crippen LogP contribution in [-0.2, 0) is 11.2 Å². The molecule has 0 amide bonds. The van der Waals surface area contributed by atoms with Gasteiger partial charge in [-0.3, -0.25) is 4.79 Å². The van der Waals surface area contributed by atoms with Crippen LogP contribution in [0.25, 0.3) is 0 Å². The van der Waals surface area contributed by atoms with Gasteiger partial charge in [-0.2, -0.15) is 0 Å². The van der Waals surface area contributed by atoms with E-state index in [1.807, 2.05) is 24.3 Å². The summed E-state index contributed by atoms with van der Waals surface area (Å²) in [7, 11) is 0. The molecule has 88 valence electrons. The largest absolute Gasteiger partial charge is 0.507 e. The summed E-state index contributed by atoms with van der Waals surface area (Å²) in [6.45, 7) is 0. The van der Waals surface area contributed by atoms with Gasteiger partial charge in [0.2, 0.25) is 0 Å². The van der Waals surface area contributed by atoms with Gasteiger partial charge in [-0.1, -0.05) is 30.3 Å². The summed E-state index contributed by atoms with van der Waals surface area (Å²) in [6.07, 6.45) is 0.337. The number of hydrogen-bond acceptors (Lipinski definition) is 3. The maximum atomic E-state index is 12.1. The maximum Gasteiger partial charge on any atom is 0.186 e. The van der Waals surface area contributed by atoms with Crippen molar-refractivity contribution in [3.63, 3.8) is 0 Å². The number of phenols is 1. The van der Waals surface area contributed by atoms with Gasteiger partial charge in [-0.25, -0.2) is 4.99 Å².